The van der Waals surface area contributed by atoms with Crippen LogP contribution in [0.5, 0.6) is 0 Å². The van der Waals surface area contributed by atoms with E-state index in [9.17, 15) is 8.42 Å². The lowest BCUT2D eigenvalue weighted by Gasteiger charge is -2.36. The van der Waals surface area contributed by atoms with Crippen LogP contribution in [0.1, 0.15) is 26.2 Å². The second-order valence-corrected chi connectivity index (χ2v) is 8.48. The SMILES string of the molecule is CSc1ccc(S(=O)(=O)N2CCCCC2C(C)N)cc1Cl. The number of nitrogens with two attached hydrogens (primary N) is 1. The molecule has 1 aliphatic rings. The lowest BCUT2D eigenvalue weighted by atomic mass is 10.00. The van der Waals surface area contributed by atoms with Gasteiger partial charge in [-0.2, -0.15) is 4.31 Å². The molecule has 1 aromatic rings. The van der Waals surface area contributed by atoms with Gasteiger partial charge in [-0.3, -0.25) is 0 Å². The Hall–Kier alpha value is -0.270. The van der Waals surface area contributed by atoms with E-state index in [0.717, 1.165) is 24.2 Å². The molecule has 2 atom stereocenters. The zero-order valence-corrected chi connectivity index (χ0v) is 14.6. The predicted octanol–water partition coefficient (Wildman–Crippen LogP) is 2.95. The van der Waals surface area contributed by atoms with Crippen molar-refractivity contribution in [1.29, 1.82) is 0 Å². The number of hydrogen-bond donors (Lipinski definition) is 1. The van der Waals surface area contributed by atoms with E-state index >= 15 is 0 Å². The van der Waals surface area contributed by atoms with Crippen molar-refractivity contribution in [3.8, 4) is 0 Å². The molecule has 0 aliphatic carbocycles. The molecule has 1 saturated heterocycles. The predicted molar refractivity (Wildman–Crippen MR) is 88.4 cm³/mol. The molecule has 2 N–H and O–H groups in total. The van der Waals surface area contributed by atoms with Crippen molar-refractivity contribution < 1.29 is 8.42 Å². The minimum absolute atomic E-state index is 0.136. The summed E-state index contributed by atoms with van der Waals surface area (Å²) in [5, 5.41) is 0.470. The summed E-state index contributed by atoms with van der Waals surface area (Å²) in [5.74, 6) is 0. The molecule has 4 nitrogen and oxygen atoms in total. The maximum Gasteiger partial charge on any atom is 0.243 e. The third kappa shape index (κ3) is 3.56. The number of rotatable bonds is 4. The van der Waals surface area contributed by atoms with Crippen LogP contribution in [0.2, 0.25) is 5.02 Å². The van der Waals surface area contributed by atoms with Crippen LogP contribution in [-0.2, 0) is 10.0 Å². The fourth-order valence-electron chi connectivity index (χ4n) is 2.70. The second kappa shape index (κ2) is 6.87. The van der Waals surface area contributed by atoms with Gasteiger partial charge in [-0.05, 0) is 44.2 Å². The van der Waals surface area contributed by atoms with Gasteiger partial charge in [0.2, 0.25) is 10.0 Å². The monoisotopic (exact) mass is 348 g/mol. The van der Waals surface area contributed by atoms with Crippen molar-refractivity contribution >= 4 is 33.4 Å². The summed E-state index contributed by atoms with van der Waals surface area (Å²) < 4.78 is 27.3. The van der Waals surface area contributed by atoms with Crippen LogP contribution in [0.25, 0.3) is 0 Å². The summed E-state index contributed by atoms with van der Waals surface area (Å²) in [4.78, 5) is 1.12. The minimum Gasteiger partial charge on any atom is -0.326 e. The summed E-state index contributed by atoms with van der Waals surface area (Å²) in [6.45, 7) is 2.39. The molecule has 118 valence electrons. The molecule has 7 heteroatoms. The Labute approximate surface area is 136 Å². The van der Waals surface area contributed by atoms with Gasteiger partial charge < -0.3 is 5.73 Å². The van der Waals surface area contributed by atoms with Gasteiger partial charge in [0.1, 0.15) is 0 Å². The molecular weight excluding hydrogens is 328 g/mol. The molecule has 0 amide bonds. The Morgan fingerprint density at radius 2 is 2.14 bits per heavy atom. The summed E-state index contributed by atoms with van der Waals surface area (Å²) in [7, 11) is -3.54. The molecule has 1 heterocycles. The van der Waals surface area contributed by atoms with Crippen LogP contribution in [-0.4, -0.2) is 37.6 Å². The van der Waals surface area contributed by atoms with Crippen LogP contribution in [0.3, 0.4) is 0 Å². The van der Waals surface area contributed by atoms with Crippen molar-refractivity contribution in [2.75, 3.05) is 12.8 Å². The maximum atomic E-state index is 12.9. The van der Waals surface area contributed by atoms with E-state index in [1.807, 2.05) is 13.2 Å². The third-order valence-corrected chi connectivity index (χ3v) is 6.98. The maximum absolute atomic E-state index is 12.9. The van der Waals surface area contributed by atoms with Crippen molar-refractivity contribution in [3.05, 3.63) is 23.2 Å². The quantitative estimate of drug-likeness (QED) is 0.850. The van der Waals surface area contributed by atoms with Gasteiger partial charge in [0, 0.05) is 23.5 Å². The normalized spacial score (nSPS) is 22.2. The number of thioether (sulfide) groups is 1. The first-order valence-corrected chi connectivity index (χ1v) is 10.0. The molecule has 0 aromatic heterocycles. The van der Waals surface area contributed by atoms with E-state index in [1.165, 1.54) is 17.8 Å². The van der Waals surface area contributed by atoms with E-state index in [4.69, 9.17) is 17.3 Å². The molecule has 0 radical (unpaired) electrons. The highest BCUT2D eigenvalue weighted by atomic mass is 35.5. The molecule has 1 aromatic carbocycles. The van der Waals surface area contributed by atoms with E-state index in [1.54, 1.807) is 16.4 Å². The number of benzene rings is 1. The molecular formula is C14H21ClN2O2S2. The van der Waals surface area contributed by atoms with Gasteiger partial charge in [-0.15, -0.1) is 11.8 Å². The molecule has 1 aliphatic heterocycles. The first kappa shape index (κ1) is 17.1. The standard InChI is InChI=1S/C14H21ClN2O2S2/c1-10(16)13-5-3-4-8-17(13)21(18,19)11-6-7-14(20-2)12(15)9-11/h6-7,9-10,13H,3-5,8,16H2,1-2H3. The summed E-state index contributed by atoms with van der Waals surface area (Å²) >= 11 is 7.64. The summed E-state index contributed by atoms with van der Waals surface area (Å²) in [6.07, 6.45) is 4.61. The fraction of sp³-hybridized carbons (Fsp3) is 0.571. The number of nitrogens with zero attached hydrogens (tertiary/aromatic N) is 1. The first-order chi connectivity index (χ1) is 9.87. The van der Waals surface area contributed by atoms with Crippen LogP contribution in [0.4, 0.5) is 0 Å². The number of sulfonamides is 1. The molecule has 21 heavy (non-hydrogen) atoms. The lowest BCUT2D eigenvalue weighted by Crippen LogP contribution is -2.51. The van der Waals surface area contributed by atoms with E-state index in [-0.39, 0.29) is 17.0 Å². The number of halogens is 1. The van der Waals surface area contributed by atoms with Gasteiger partial charge in [0.15, 0.2) is 0 Å². The Morgan fingerprint density at radius 3 is 2.71 bits per heavy atom. The molecule has 0 spiro atoms. The molecule has 0 bridgehead atoms. The van der Waals surface area contributed by atoms with Crippen LogP contribution < -0.4 is 5.73 Å². The second-order valence-electron chi connectivity index (χ2n) is 5.33. The van der Waals surface area contributed by atoms with Crippen molar-refractivity contribution in [3.63, 3.8) is 0 Å². The Bertz CT molecular complexity index is 605. The zero-order valence-electron chi connectivity index (χ0n) is 12.3. The van der Waals surface area contributed by atoms with E-state index < -0.39 is 10.0 Å². The topological polar surface area (TPSA) is 63.4 Å². The highest BCUT2D eigenvalue weighted by Crippen LogP contribution is 2.31. The van der Waals surface area contributed by atoms with E-state index in [2.05, 4.69) is 0 Å². The van der Waals surface area contributed by atoms with Gasteiger partial charge >= 0.3 is 0 Å². The first-order valence-electron chi connectivity index (χ1n) is 6.99. The molecule has 0 saturated carbocycles. The summed E-state index contributed by atoms with van der Waals surface area (Å²) in [5.41, 5.74) is 5.97. The van der Waals surface area contributed by atoms with Crippen LogP contribution in [0.15, 0.2) is 28.0 Å². The average molecular weight is 349 g/mol. The third-order valence-electron chi connectivity index (χ3n) is 3.84. The largest absolute Gasteiger partial charge is 0.326 e. The van der Waals surface area contributed by atoms with Crippen molar-refractivity contribution in [2.24, 2.45) is 5.73 Å². The molecule has 2 unspecified atom stereocenters. The summed E-state index contributed by atoms with van der Waals surface area (Å²) in [6, 6.07) is 4.60. The lowest BCUT2D eigenvalue weighted by molar-refractivity contribution is 0.227. The van der Waals surface area contributed by atoms with Crippen molar-refractivity contribution in [1.82, 2.24) is 4.31 Å². The van der Waals surface area contributed by atoms with Gasteiger partial charge in [-0.1, -0.05) is 18.0 Å². The average Bonchev–Trinajstić information content (AvgIpc) is 2.47. The van der Waals surface area contributed by atoms with E-state index in [0.29, 0.717) is 11.6 Å². The fourth-order valence-corrected chi connectivity index (χ4v) is 5.43. The Balaban J connectivity index is 2.38. The smallest absolute Gasteiger partial charge is 0.243 e. The highest BCUT2D eigenvalue weighted by molar-refractivity contribution is 7.98. The Kier molecular flexibility index (Phi) is 5.59. The van der Waals surface area contributed by atoms with Crippen molar-refractivity contribution in [2.45, 2.75) is 48.1 Å². The van der Waals surface area contributed by atoms with Gasteiger partial charge in [0.25, 0.3) is 0 Å². The number of hydrogen-bond acceptors (Lipinski definition) is 4. The van der Waals surface area contributed by atoms with Gasteiger partial charge in [-0.25, -0.2) is 8.42 Å². The molecule has 1 fully saturated rings. The Morgan fingerprint density at radius 1 is 1.43 bits per heavy atom. The molecule has 2 rings (SSSR count). The van der Waals surface area contributed by atoms with Crippen LogP contribution >= 0.6 is 23.4 Å². The van der Waals surface area contributed by atoms with Gasteiger partial charge in [0.05, 0.1) is 9.92 Å². The highest BCUT2D eigenvalue weighted by Gasteiger charge is 2.35. The number of piperidine rings is 1. The zero-order chi connectivity index (χ0) is 15.6. The van der Waals surface area contributed by atoms with Crippen LogP contribution in [0, 0.1) is 0 Å². The minimum atomic E-state index is -3.54.